The average Bonchev–Trinajstić information content (AvgIpc) is 3.59. The number of rotatable bonds is 13. The van der Waals surface area contributed by atoms with Crippen LogP contribution in [0.15, 0.2) is 83.9 Å². The molecule has 0 spiro atoms. The third kappa shape index (κ3) is 9.04. The maximum Gasteiger partial charge on any atom is 0.326 e. The number of amides is 1. The van der Waals surface area contributed by atoms with Crippen molar-refractivity contribution in [2.45, 2.75) is 25.6 Å². The topological polar surface area (TPSA) is 234 Å². The molecule has 1 aliphatic rings. The zero-order valence-corrected chi connectivity index (χ0v) is 29.2. The van der Waals surface area contributed by atoms with Gasteiger partial charge in [-0.05, 0) is 53.6 Å². The number of nitriles is 1. The molecule has 17 nitrogen and oxygen atoms in total. The average molecular weight is 744 g/mol. The van der Waals surface area contributed by atoms with Crippen molar-refractivity contribution in [3.05, 3.63) is 124 Å². The minimum Gasteiger partial charge on any atom is -0.480 e. The van der Waals surface area contributed by atoms with Gasteiger partial charge in [0.2, 0.25) is 17.8 Å². The second kappa shape index (κ2) is 16.2. The third-order valence-corrected chi connectivity index (χ3v) is 8.83. The first-order chi connectivity index (χ1) is 26.7. The fourth-order valence-corrected chi connectivity index (χ4v) is 6.06. The summed E-state index contributed by atoms with van der Waals surface area (Å²) in [6.07, 6.45) is 2.85. The summed E-state index contributed by atoms with van der Waals surface area (Å²) < 4.78 is 13.8. The molecule has 3 aromatic carbocycles. The Morgan fingerprint density at radius 1 is 0.945 bits per heavy atom. The molecule has 1 saturated heterocycles. The summed E-state index contributed by atoms with van der Waals surface area (Å²) in [5.74, 6) is -1.20. The molecule has 18 heteroatoms. The molecule has 0 aliphatic carbocycles. The Balaban J connectivity index is 1.06. The highest BCUT2D eigenvalue weighted by molar-refractivity contribution is 5.92. The van der Waals surface area contributed by atoms with Gasteiger partial charge in [0.25, 0.3) is 11.5 Å². The number of halogens is 1. The highest BCUT2D eigenvalue weighted by Crippen LogP contribution is 2.21. The lowest BCUT2D eigenvalue weighted by molar-refractivity contribution is -0.137. The predicted molar refractivity (Wildman–Crippen MR) is 199 cm³/mol. The lowest BCUT2D eigenvalue weighted by Gasteiger charge is -2.34. The van der Waals surface area contributed by atoms with Crippen LogP contribution in [0.25, 0.3) is 11.0 Å². The molecular weight excluding hydrogens is 709 g/mol. The number of carbonyl (C=O) groups is 2. The van der Waals surface area contributed by atoms with E-state index < -0.39 is 29.3 Å². The van der Waals surface area contributed by atoms with E-state index in [1.807, 2.05) is 30.3 Å². The summed E-state index contributed by atoms with van der Waals surface area (Å²) in [6, 6.07) is 19.4. The fourth-order valence-electron chi connectivity index (χ4n) is 6.06. The number of hydrogen-bond donors (Lipinski definition) is 6. The van der Waals surface area contributed by atoms with Gasteiger partial charge in [-0.3, -0.25) is 14.5 Å². The van der Waals surface area contributed by atoms with Gasteiger partial charge in [-0.25, -0.2) is 19.2 Å². The minimum absolute atomic E-state index is 0.0102. The molecule has 0 radical (unpaired) electrons. The van der Waals surface area contributed by atoms with Crippen LogP contribution >= 0.6 is 0 Å². The molecule has 0 bridgehead atoms. The monoisotopic (exact) mass is 743 g/mol. The van der Waals surface area contributed by atoms with Crippen molar-refractivity contribution in [2.75, 3.05) is 42.1 Å². The van der Waals surface area contributed by atoms with Crippen molar-refractivity contribution in [3.63, 3.8) is 0 Å². The quantitative estimate of drug-likeness (QED) is 0.0997. The lowest BCUT2D eigenvalue weighted by atomic mass is 10.0. The summed E-state index contributed by atoms with van der Waals surface area (Å²) in [7, 11) is 0. The van der Waals surface area contributed by atoms with Crippen LogP contribution in [0, 0.1) is 17.1 Å². The van der Waals surface area contributed by atoms with Gasteiger partial charge < -0.3 is 35.9 Å². The number of nitrogens with one attached hydrogen (secondary N) is 5. The number of aromatic amines is 2. The van der Waals surface area contributed by atoms with Crippen molar-refractivity contribution in [2.24, 2.45) is 0 Å². The Morgan fingerprint density at radius 2 is 1.73 bits per heavy atom. The van der Waals surface area contributed by atoms with Gasteiger partial charge in [0.15, 0.2) is 5.69 Å². The standard InChI is InChI=1S/C37H34FN13O4/c38-25-8-9-27-28(18-25)45-30(44-27)20-42-35-47-36(49-37(48-35)46-29(34(54)55)17-22-4-6-23(19-39)7-5-22)43-26-3-1-2-24(16-26)21-50-12-14-51(15-13-50)33(53)31-32(52)41-11-10-40-31/h1-11,16,18,29H,12-15,17,20-21H2,(H,41,52)(H,44,45)(H,54,55)(H3,42,43,46,47,48,49). The molecule has 3 aromatic heterocycles. The highest BCUT2D eigenvalue weighted by Gasteiger charge is 2.25. The van der Waals surface area contributed by atoms with E-state index in [1.165, 1.54) is 24.5 Å². The van der Waals surface area contributed by atoms with Crippen LogP contribution < -0.4 is 21.5 Å². The number of H-pyrrole nitrogens is 2. The number of hydrogen-bond acceptors (Lipinski definition) is 13. The highest BCUT2D eigenvalue weighted by atomic mass is 19.1. The van der Waals surface area contributed by atoms with Crippen LogP contribution in [-0.4, -0.2) is 93.9 Å². The van der Waals surface area contributed by atoms with E-state index in [4.69, 9.17) is 5.26 Å². The Morgan fingerprint density at radius 3 is 2.49 bits per heavy atom. The maximum absolute atomic E-state index is 13.8. The Kier molecular flexibility index (Phi) is 10.6. The predicted octanol–water partition coefficient (Wildman–Crippen LogP) is 3.26. The van der Waals surface area contributed by atoms with Gasteiger partial charge in [0.1, 0.15) is 17.7 Å². The molecule has 1 unspecified atom stereocenters. The number of imidazole rings is 1. The fraction of sp³-hybridized carbons (Fsp3) is 0.216. The van der Waals surface area contributed by atoms with E-state index in [9.17, 15) is 23.9 Å². The van der Waals surface area contributed by atoms with E-state index in [-0.39, 0.29) is 36.5 Å². The van der Waals surface area contributed by atoms with Crippen LogP contribution in [-0.2, 0) is 24.3 Å². The number of nitrogens with zero attached hydrogens (tertiary/aromatic N) is 8. The summed E-state index contributed by atoms with van der Waals surface area (Å²) in [5.41, 5.74) is 3.27. The van der Waals surface area contributed by atoms with Crippen molar-refractivity contribution < 1.29 is 19.1 Å². The molecule has 4 heterocycles. The summed E-state index contributed by atoms with van der Waals surface area (Å²) >= 11 is 0. The minimum atomic E-state index is -1.13. The maximum atomic E-state index is 13.8. The number of carbonyl (C=O) groups excluding carboxylic acids is 1. The molecule has 55 heavy (non-hydrogen) atoms. The van der Waals surface area contributed by atoms with Gasteiger partial charge in [-0.15, -0.1) is 0 Å². The van der Waals surface area contributed by atoms with Crippen LogP contribution in [0.1, 0.15) is 33.0 Å². The second-order valence-electron chi connectivity index (χ2n) is 12.7. The number of aliphatic carboxylic acids is 1. The molecular formula is C37H34FN13O4. The van der Waals surface area contributed by atoms with Crippen molar-refractivity contribution in [1.29, 1.82) is 5.26 Å². The molecule has 6 aromatic rings. The molecule has 1 fully saturated rings. The molecule has 1 aliphatic heterocycles. The summed E-state index contributed by atoms with van der Waals surface area (Å²) in [5, 5.41) is 28.4. The molecule has 278 valence electrons. The number of aromatic nitrogens is 7. The molecule has 6 N–H and O–H groups in total. The van der Waals surface area contributed by atoms with Crippen molar-refractivity contribution in [1.82, 2.24) is 44.7 Å². The molecule has 1 atom stereocenters. The number of fused-ring (bicyclic) bond motifs is 1. The molecule has 7 rings (SSSR count). The number of benzene rings is 3. The van der Waals surface area contributed by atoms with E-state index in [0.29, 0.717) is 66.4 Å². The first-order valence-corrected chi connectivity index (χ1v) is 17.2. The van der Waals surface area contributed by atoms with Gasteiger partial charge in [-0.2, -0.15) is 20.2 Å². The Hall–Kier alpha value is -7.26. The zero-order valence-electron chi connectivity index (χ0n) is 29.2. The van der Waals surface area contributed by atoms with E-state index in [2.05, 4.69) is 55.7 Å². The van der Waals surface area contributed by atoms with Gasteiger partial charge in [-0.1, -0.05) is 24.3 Å². The first-order valence-electron chi connectivity index (χ1n) is 17.2. The van der Waals surface area contributed by atoms with E-state index in [0.717, 1.165) is 5.56 Å². The van der Waals surface area contributed by atoms with Crippen LogP contribution in [0.4, 0.5) is 27.9 Å². The first kappa shape index (κ1) is 36.1. The summed E-state index contributed by atoms with van der Waals surface area (Å²) in [6.45, 7) is 2.81. The van der Waals surface area contributed by atoms with E-state index >= 15 is 0 Å². The number of carboxylic acid groups (broad SMARTS) is 1. The normalized spacial score (nSPS) is 13.6. The van der Waals surface area contributed by atoms with Crippen LogP contribution in [0.3, 0.4) is 0 Å². The van der Waals surface area contributed by atoms with E-state index in [1.54, 1.807) is 35.2 Å². The van der Waals surface area contributed by atoms with Gasteiger partial charge >= 0.3 is 5.97 Å². The number of piperazine rings is 1. The third-order valence-electron chi connectivity index (χ3n) is 8.83. The van der Waals surface area contributed by atoms with Crippen molar-refractivity contribution in [3.8, 4) is 6.07 Å². The van der Waals surface area contributed by atoms with Crippen LogP contribution in [0.5, 0.6) is 0 Å². The molecule has 1 amide bonds. The SMILES string of the molecule is N#Cc1ccc(CC(Nc2nc(NCc3nc4ccc(F)cc4[nH]3)nc(Nc3cccc(CN4CCN(C(=O)c5ncc[nH]c5=O)CC4)c3)n2)C(=O)O)cc1. The largest absolute Gasteiger partial charge is 0.480 e. The number of anilines is 4. The lowest BCUT2D eigenvalue weighted by Crippen LogP contribution is -2.49. The Bertz CT molecular complexity index is 2440. The molecule has 0 saturated carbocycles. The summed E-state index contributed by atoms with van der Waals surface area (Å²) in [4.78, 5) is 68.5. The van der Waals surface area contributed by atoms with Crippen LogP contribution in [0.2, 0.25) is 0 Å². The number of carboxylic acids is 1. The second-order valence-corrected chi connectivity index (χ2v) is 12.7. The van der Waals surface area contributed by atoms with Crippen molar-refractivity contribution >= 4 is 46.4 Å². The smallest absolute Gasteiger partial charge is 0.326 e. The Labute approximate surface area is 312 Å². The zero-order chi connectivity index (χ0) is 38.3. The van der Waals surface area contributed by atoms with Gasteiger partial charge in [0, 0.05) is 57.2 Å². The van der Waals surface area contributed by atoms with Gasteiger partial charge in [0.05, 0.1) is 29.2 Å².